The summed E-state index contributed by atoms with van der Waals surface area (Å²) in [5, 5.41) is 3.42. The molecule has 1 N–H and O–H groups in total. The van der Waals surface area contributed by atoms with E-state index in [-0.39, 0.29) is 30.7 Å². The zero-order chi connectivity index (χ0) is 22.4. The molecule has 5 rings (SSSR count). The molecule has 0 saturated carbocycles. The van der Waals surface area contributed by atoms with E-state index in [9.17, 15) is 18.8 Å². The molecular weight excluding hydrogens is 431 g/mol. The molecule has 2 aromatic rings. The van der Waals surface area contributed by atoms with Gasteiger partial charge in [0.15, 0.2) is 0 Å². The Morgan fingerprint density at radius 1 is 1.19 bits per heavy atom. The fourth-order valence-electron chi connectivity index (χ4n) is 5.09. The normalized spacial score (nSPS) is 22.4. The number of benzene rings is 1. The zero-order valence-corrected chi connectivity index (χ0v) is 18.7. The van der Waals surface area contributed by atoms with Gasteiger partial charge in [0.05, 0.1) is 6.54 Å². The van der Waals surface area contributed by atoms with E-state index < -0.39 is 17.8 Å². The van der Waals surface area contributed by atoms with Crippen molar-refractivity contribution in [3.63, 3.8) is 0 Å². The molecule has 1 aromatic heterocycles. The second-order valence-corrected chi connectivity index (χ2v) is 10.2. The number of amides is 3. The summed E-state index contributed by atoms with van der Waals surface area (Å²) >= 11 is 1.71. The molecular formula is C23H25FN4O3S. The van der Waals surface area contributed by atoms with Crippen molar-refractivity contribution in [2.45, 2.75) is 57.7 Å². The molecule has 0 radical (unpaired) electrons. The van der Waals surface area contributed by atoms with E-state index in [1.807, 2.05) is 6.20 Å². The number of aromatic nitrogens is 1. The summed E-state index contributed by atoms with van der Waals surface area (Å²) in [7, 11) is 0. The summed E-state index contributed by atoms with van der Waals surface area (Å²) < 4.78 is 14.5. The summed E-state index contributed by atoms with van der Waals surface area (Å²) in [4.78, 5) is 46.4. The van der Waals surface area contributed by atoms with Gasteiger partial charge in [-0.05, 0) is 68.5 Å². The number of carbonyl (C=O) groups is 3. The van der Waals surface area contributed by atoms with Crippen LogP contribution in [0.25, 0.3) is 0 Å². The molecule has 1 aromatic carbocycles. The molecule has 2 fully saturated rings. The quantitative estimate of drug-likeness (QED) is 0.716. The van der Waals surface area contributed by atoms with Crippen molar-refractivity contribution in [2.75, 3.05) is 13.1 Å². The first-order chi connectivity index (χ1) is 15.4. The molecule has 168 valence electrons. The third-order valence-electron chi connectivity index (χ3n) is 6.71. The zero-order valence-electron chi connectivity index (χ0n) is 17.9. The standard InChI is InChI=1S/C23H25FN4O3S/c1-13-10-25-21(32-13)12-27-6-4-14(5-7-27)16-8-15(24)9-17-18(16)11-28(23(17)31)19-2-3-20(29)26-22(19)30/h8-10,14,19H,2-7,11-12H2,1H3,(H,26,29,30). The minimum atomic E-state index is -0.688. The van der Waals surface area contributed by atoms with Crippen LogP contribution >= 0.6 is 11.3 Å². The largest absolute Gasteiger partial charge is 0.322 e. The summed E-state index contributed by atoms with van der Waals surface area (Å²) in [6, 6.07) is 2.16. The molecule has 3 amide bonds. The molecule has 0 aliphatic carbocycles. The molecule has 4 heterocycles. The Bertz CT molecular complexity index is 1090. The van der Waals surface area contributed by atoms with Gasteiger partial charge >= 0.3 is 0 Å². The molecule has 7 nitrogen and oxygen atoms in total. The van der Waals surface area contributed by atoms with Gasteiger partial charge in [-0.1, -0.05) is 0 Å². The number of hydrogen-bond acceptors (Lipinski definition) is 6. The molecule has 32 heavy (non-hydrogen) atoms. The van der Waals surface area contributed by atoms with E-state index in [1.165, 1.54) is 15.8 Å². The Hall–Kier alpha value is -2.65. The predicted molar refractivity (Wildman–Crippen MR) is 117 cm³/mol. The maximum atomic E-state index is 14.5. The highest BCUT2D eigenvalue weighted by atomic mass is 32.1. The van der Waals surface area contributed by atoms with Crippen molar-refractivity contribution in [3.05, 3.63) is 50.7 Å². The Labute approximate surface area is 189 Å². The highest BCUT2D eigenvalue weighted by molar-refractivity contribution is 7.11. The lowest BCUT2D eigenvalue weighted by molar-refractivity contribution is -0.136. The summed E-state index contributed by atoms with van der Waals surface area (Å²) in [6.45, 7) is 4.94. The van der Waals surface area contributed by atoms with Crippen LogP contribution in [0.1, 0.15) is 63.0 Å². The van der Waals surface area contributed by atoms with Crippen LogP contribution in [0.2, 0.25) is 0 Å². The number of halogens is 1. The van der Waals surface area contributed by atoms with Crippen molar-refractivity contribution in [1.29, 1.82) is 0 Å². The van der Waals surface area contributed by atoms with Crippen LogP contribution in [0.5, 0.6) is 0 Å². The average Bonchev–Trinajstić information content (AvgIpc) is 3.31. The molecule has 3 aliphatic heterocycles. The van der Waals surface area contributed by atoms with E-state index in [1.54, 1.807) is 17.4 Å². The fraction of sp³-hybridized carbons (Fsp3) is 0.478. The average molecular weight is 457 g/mol. The molecule has 3 aliphatic rings. The number of nitrogens with zero attached hydrogens (tertiary/aromatic N) is 3. The number of piperidine rings is 2. The Kier molecular flexibility index (Phi) is 5.54. The van der Waals surface area contributed by atoms with Gasteiger partial charge in [-0.15, -0.1) is 11.3 Å². The first-order valence-corrected chi connectivity index (χ1v) is 11.8. The van der Waals surface area contributed by atoms with Crippen molar-refractivity contribution in [2.24, 2.45) is 0 Å². The third kappa shape index (κ3) is 3.95. The van der Waals surface area contributed by atoms with Crippen molar-refractivity contribution in [3.8, 4) is 0 Å². The minimum absolute atomic E-state index is 0.170. The van der Waals surface area contributed by atoms with Gasteiger partial charge in [0.2, 0.25) is 11.8 Å². The topological polar surface area (TPSA) is 82.6 Å². The van der Waals surface area contributed by atoms with Crippen LogP contribution in [0.15, 0.2) is 18.3 Å². The van der Waals surface area contributed by atoms with Gasteiger partial charge in [0.1, 0.15) is 16.9 Å². The number of fused-ring (bicyclic) bond motifs is 1. The van der Waals surface area contributed by atoms with Crippen LogP contribution in [-0.2, 0) is 22.7 Å². The molecule has 2 saturated heterocycles. The van der Waals surface area contributed by atoms with Gasteiger partial charge in [-0.3, -0.25) is 24.6 Å². The SMILES string of the molecule is Cc1cnc(CN2CCC(c3cc(F)cc4c3CN(C3CCC(=O)NC3=O)C4=O)CC2)s1. The predicted octanol–water partition coefficient (Wildman–Crippen LogP) is 2.73. The molecule has 0 bridgehead atoms. The van der Waals surface area contributed by atoms with Gasteiger partial charge in [-0.2, -0.15) is 0 Å². The molecule has 9 heteroatoms. The van der Waals surface area contributed by atoms with Crippen molar-refractivity contribution < 1.29 is 18.8 Å². The summed E-state index contributed by atoms with van der Waals surface area (Å²) in [5.41, 5.74) is 2.06. The summed E-state index contributed by atoms with van der Waals surface area (Å²) in [6.07, 6.45) is 4.17. The van der Waals surface area contributed by atoms with Crippen molar-refractivity contribution in [1.82, 2.24) is 20.1 Å². The van der Waals surface area contributed by atoms with Crippen LogP contribution in [0.4, 0.5) is 4.39 Å². The molecule has 0 spiro atoms. The second kappa shape index (κ2) is 8.37. The lowest BCUT2D eigenvalue weighted by Gasteiger charge is -2.32. The second-order valence-electron chi connectivity index (χ2n) is 8.84. The van der Waals surface area contributed by atoms with Gasteiger partial charge in [-0.25, -0.2) is 9.37 Å². The number of aryl methyl sites for hydroxylation is 1. The minimum Gasteiger partial charge on any atom is -0.322 e. The third-order valence-corrected chi connectivity index (χ3v) is 7.61. The van der Waals surface area contributed by atoms with Crippen LogP contribution in [0.3, 0.4) is 0 Å². The van der Waals surface area contributed by atoms with Gasteiger partial charge in [0, 0.05) is 29.6 Å². The van der Waals surface area contributed by atoms with E-state index >= 15 is 0 Å². The number of hydrogen-bond donors (Lipinski definition) is 1. The van der Waals surface area contributed by atoms with E-state index in [0.29, 0.717) is 12.0 Å². The number of carbonyl (C=O) groups excluding carboxylic acids is 3. The van der Waals surface area contributed by atoms with E-state index in [0.717, 1.165) is 48.6 Å². The van der Waals surface area contributed by atoms with Gasteiger partial charge < -0.3 is 4.90 Å². The maximum Gasteiger partial charge on any atom is 0.255 e. The highest BCUT2D eigenvalue weighted by Gasteiger charge is 2.41. The molecule has 1 atom stereocenters. The first-order valence-electron chi connectivity index (χ1n) is 11.0. The smallest absolute Gasteiger partial charge is 0.255 e. The lowest BCUT2D eigenvalue weighted by atomic mass is 9.85. The van der Waals surface area contributed by atoms with E-state index in [4.69, 9.17) is 0 Å². The Balaban J connectivity index is 1.32. The van der Waals surface area contributed by atoms with E-state index in [2.05, 4.69) is 22.1 Å². The fourth-order valence-corrected chi connectivity index (χ4v) is 5.91. The Morgan fingerprint density at radius 2 is 1.97 bits per heavy atom. The first kappa shape index (κ1) is 21.2. The number of likely N-dealkylation sites (tertiary alicyclic amines) is 1. The lowest BCUT2D eigenvalue weighted by Crippen LogP contribution is -2.52. The number of rotatable bonds is 4. The van der Waals surface area contributed by atoms with Crippen LogP contribution < -0.4 is 5.32 Å². The van der Waals surface area contributed by atoms with Crippen LogP contribution in [0, 0.1) is 12.7 Å². The molecule has 1 unspecified atom stereocenters. The highest BCUT2D eigenvalue weighted by Crippen LogP contribution is 2.38. The van der Waals surface area contributed by atoms with Crippen molar-refractivity contribution >= 4 is 29.1 Å². The number of imide groups is 1. The number of nitrogens with one attached hydrogen (secondary N) is 1. The summed E-state index contributed by atoms with van der Waals surface area (Å²) in [5.74, 6) is -1.34. The monoisotopic (exact) mass is 456 g/mol. The number of thiazole rings is 1. The van der Waals surface area contributed by atoms with Gasteiger partial charge in [0.25, 0.3) is 5.91 Å². The maximum absolute atomic E-state index is 14.5. The Morgan fingerprint density at radius 3 is 2.66 bits per heavy atom. The van der Waals surface area contributed by atoms with Crippen LogP contribution in [-0.4, -0.2) is 51.6 Å².